The Labute approximate surface area is 122 Å². The van der Waals surface area contributed by atoms with Crippen LogP contribution in [0.4, 0.5) is 5.69 Å². The molecule has 0 unspecified atom stereocenters. The Morgan fingerprint density at radius 2 is 2.19 bits per heavy atom. The fourth-order valence-corrected chi connectivity index (χ4v) is 2.46. The molecule has 108 valence electrons. The summed E-state index contributed by atoms with van der Waals surface area (Å²) in [5.41, 5.74) is 4.63. The minimum Gasteiger partial charge on any atom is -0.326 e. The second kappa shape index (κ2) is 5.05. The molecule has 6 heteroatoms. The van der Waals surface area contributed by atoms with E-state index in [1.54, 1.807) is 10.9 Å². The molecular weight excluding hydrogens is 266 g/mol. The maximum atomic E-state index is 12.2. The average Bonchev–Trinajstić information content (AvgIpc) is 2.99. The second-order valence-electron chi connectivity index (χ2n) is 5.17. The number of rotatable bonds is 3. The summed E-state index contributed by atoms with van der Waals surface area (Å²) < 4.78 is 1.80. The predicted octanol–water partition coefficient (Wildman–Crippen LogP) is 2.09. The van der Waals surface area contributed by atoms with Gasteiger partial charge >= 0.3 is 0 Å². The van der Waals surface area contributed by atoms with Gasteiger partial charge in [0.25, 0.3) is 0 Å². The predicted molar refractivity (Wildman–Crippen MR) is 81.1 cm³/mol. The first kappa shape index (κ1) is 13.4. The van der Waals surface area contributed by atoms with Crippen molar-refractivity contribution in [1.29, 1.82) is 0 Å². The summed E-state index contributed by atoms with van der Waals surface area (Å²) in [5.74, 6) is -0.0444. The third-order valence-electron chi connectivity index (χ3n) is 3.72. The van der Waals surface area contributed by atoms with Gasteiger partial charge in [-0.2, -0.15) is 10.2 Å². The summed E-state index contributed by atoms with van der Waals surface area (Å²) in [4.78, 5) is 12.2. The van der Waals surface area contributed by atoms with Crippen LogP contribution in [0, 0.1) is 13.8 Å². The van der Waals surface area contributed by atoms with Crippen LogP contribution in [0.1, 0.15) is 17.0 Å². The van der Waals surface area contributed by atoms with Crippen LogP contribution in [-0.4, -0.2) is 25.9 Å². The molecule has 2 N–H and O–H groups in total. The van der Waals surface area contributed by atoms with E-state index >= 15 is 0 Å². The Morgan fingerprint density at radius 3 is 2.90 bits per heavy atom. The van der Waals surface area contributed by atoms with Gasteiger partial charge in [-0.15, -0.1) is 0 Å². The summed E-state index contributed by atoms with van der Waals surface area (Å²) in [5, 5.41) is 15.1. The maximum Gasteiger partial charge on any atom is 0.228 e. The van der Waals surface area contributed by atoms with Gasteiger partial charge < -0.3 is 5.32 Å². The van der Waals surface area contributed by atoms with E-state index < -0.39 is 0 Å². The highest BCUT2D eigenvalue weighted by Gasteiger charge is 2.13. The van der Waals surface area contributed by atoms with Gasteiger partial charge in [-0.1, -0.05) is 0 Å². The van der Waals surface area contributed by atoms with Crippen LogP contribution in [-0.2, 0) is 18.3 Å². The number of fused-ring (bicyclic) bond motifs is 1. The SMILES string of the molecule is Cc1nn(C)c(C)c1CC(=O)Nc1ccc2[nH]ncc2c1. The topological polar surface area (TPSA) is 75.6 Å². The van der Waals surface area contributed by atoms with E-state index in [0.29, 0.717) is 6.42 Å². The molecule has 0 atom stereocenters. The summed E-state index contributed by atoms with van der Waals surface area (Å²) >= 11 is 0. The van der Waals surface area contributed by atoms with E-state index in [1.165, 1.54) is 0 Å². The van der Waals surface area contributed by atoms with E-state index in [-0.39, 0.29) is 5.91 Å². The number of hydrogen-bond donors (Lipinski definition) is 2. The summed E-state index contributed by atoms with van der Waals surface area (Å²) in [6, 6.07) is 5.67. The third kappa shape index (κ3) is 2.52. The van der Waals surface area contributed by atoms with Crippen molar-refractivity contribution in [2.24, 2.45) is 7.05 Å². The Hall–Kier alpha value is -2.63. The minimum atomic E-state index is -0.0444. The lowest BCUT2D eigenvalue weighted by Crippen LogP contribution is -2.15. The molecule has 0 bridgehead atoms. The Kier molecular flexibility index (Phi) is 3.21. The number of carbonyl (C=O) groups is 1. The van der Waals surface area contributed by atoms with E-state index in [4.69, 9.17) is 0 Å². The molecule has 1 amide bonds. The van der Waals surface area contributed by atoms with Crippen LogP contribution in [0.3, 0.4) is 0 Å². The van der Waals surface area contributed by atoms with Crippen molar-refractivity contribution >= 4 is 22.5 Å². The number of aromatic nitrogens is 4. The van der Waals surface area contributed by atoms with Gasteiger partial charge in [-0.25, -0.2) is 0 Å². The highest BCUT2D eigenvalue weighted by atomic mass is 16.1. The van der Waals surface area contributed by atoms with Crippen molar-refractivity contribution in [3.8, 4) is 0 Å². The monoisotopic (exact) mass is 283 g/mol. The van der Waals surface area contributed by atoms with Gasteiger partial charge in [0, 0.05) is 29.4 Å². The fourth-order valence-electron chi connectivity index (χ4n) is 2.46. The first-order valence-corrected chi connectivity index (χ1v) is 6.76. The maximum absolute atomic E-state index is 12.2. The molecule has 0 aliphatic rings. The van der Waals surface area contributed by atoms with E-state index in [0.717, 1.165) is 33.5 Å². The largest absolute Gasteiger partial charge is 0.326 e. The third-order valence-corrected chi connectivity index (χ3v) is 3.72. The molecule has 0 saturated carbocycles. The molecule has 6 nitrogen and oxygen atoms in total. The number of nitrogens with zero attached hydrogens (tertiary/aromatic N) is 3. The van der Waals surface area contributed by atoms with Crippen LogP contribution in [0.2, 0.25) is 0 Å². The zero-order valence-corrected chi connectivity index (χ0v) is 12.3. The number of amides is 1. The Balaban J connectivity index is 1.76. The highest BCUT2D eigenvalue weighted by molar-refractivity contribution is 5.94. The van der Waals surface area contributed by atoms with Crippen molar-refractivity contribution < 1.29 is 4.79 Å². The Morgan fingerprint density at radius 1 is 1.38 bits per heavy atom. The summed E-state index contributed by atoms with van der Waals surface area (Å²) in [6.45, 7) is 3.90. The molecule has 21 heavy (non-hydrogen) atoms. The summed E-state index contributed by atoms with van der Waals surface area (Å²) in [7, 11) is 1.89. The molecule has 0 saturated heterocycles. The van der Waals surface area contributed by atoms with E-state index in [1.807, 2.05) is 39.1 Å². The Bertz CT molecular complexity index is 815. The number of nitrogens with one attached hydrogen (secondary N) is 2. The van der Waals surface area contributed by atoms with Crippen molar-refractivity contribution in [1.82, 2.24) is 20.0 Å². The number of benzene rings is 1. The normalized spacial score (nSPS) is 11.0. The van der Waals surface area contributed by atoms with Gasteiger partial charge in [0.15, 0.2) is 0 Å². The quantitative estimate of drug-likeness (QED) is 0.773. The van der Waals surface area contributed by atoms with Crippen LogP contribution < -0.4 is 5.32 Å². The lowest BCUT2D eigenvalue weighted by molar-refractivity contribution is -0.115. The summed E-state index contributed by atoms with van der Waals surface area (Å²) in [6.07, 6.45) is 2.06. The van der Waals surface area contributed by atoms with Crippen LogP contribution >= 0.6 is 0 Å². The number of hydrogen-bond acceptors (Lipinski definition) is 3. The molecule has 2 aromatic heterocycles. The fraction of sp³-hybridized carbons (Fsp3) is 0.267. The molecule has 0 fully saturated rings. The van der Waals surface area contributed by atoms with E-state index in [2.05, 4.69) is 20.6 Å². The second-order valence-corrected chi connectivity index (χ2v) is 5.17. The lowest BCUT2D eigenvalue weighted by atomic mass is 10.1. The van der Waals surface area contributed by atoms with Crippen LogP contribution in [0.25, 0.3) is 10.9 Å². The molecule has 0 aliphatic heterocycles. The first-order valence-electron chi connectivity index (χ1n) is 6.76. The van der Waals surface area contributed by atoms with E-state index in [9.17, 15) is 4.79 Å². The van der Waals surface area contributed by atoms with Crippen molar-refractivity contribution in [2.75, 3.05) is 5.32 Å². The average molecular weight is 283 g/mol. The molecule has 0 radical (unpaired) electrons. The minimum absolute atomic E-state index is 0.0444. The molecule has 3 rings (SSSR count). The molecule has 0 aliphatic carbocycles. The van der Waals surface area contributed by atoms with Crippen molar-refractivity contribution in [3.63, 3.8) is 0 Å². The van der Waals surface area contributed by atoms with Gasteiger partial charge in [0.2, 0.25) is 5.91 Å². The lowest BCUT2D eigenvalue weighted by Gasteiger charge is -2.06. The standard InChI is InChI=1S/C15H17N5O/c1-9-13(10(2)20(3)19-9)7-15(21)17-12-4-5-14-11(6-12)8-16-18-14/h4-6,8H,7H2,1-3H3,(H,16,18)(H,17,21). The number of H-pyrrole nitrogens is 1. The zero-order chi connectivity index (χ0) is 15.0. The van der Waals surface area contributed by atoms with Crippen molar-refractivity contribution in [2.45, 2.75) is 20.3 Å². The van der Waals surface area contributed by atoms with Crippen LogP contribution in [0.5, 0.6) is 0 Å². The number of carbonyl (C=O) groups excluding carboxylic acids is 1. The molecule has 3 aromatic rings. The van der Waals surface area contributed by atoms with Crippen LogP contribution in [0.15, 0.2) is 24.4 Å². The smallest absolute Gasteiger partial charge is 0.228 e. The first-order chi connectivity index (χ1) is 10.0. The number of aryl methyl sites for hydroxylation is 2. The van der Waals surface area contributed by atoms with Gasteiger partial charge in [0.05, 0.1) is 23.8 Å². The molecule has 1 aromatic carbocycles. The highest BCUT2D eigenvalue weighted by Crippen LogP contribution is 2.18. The van der Waals surface area contributed by atoms with Gasteiger partial charge in [-0.3, -0.25) is 14.6 Å². The number of aromatic amines is 1. The molecule has 0 spiro atoms. The molecule has 2 heterocycles. The number of anilines is 1. The molecular formula is C15H17N5O. The van der Waals surface area contributed by atoms with Gasteiger partial charge in [-0.05, 0) is 32.0 Å². The van der Waals surface area contributed by atoms with Crippen molar-refractivity contribution in [3.05, 3.63) is 41.3 Å². The van der Waals surface area contributed by atoms with Gasteiger partial charge in [0.1, 0.15) is 0 Å². The zero-order valence-electron chi connectivity index (χ0n) is 12.3.